The van der Waals surface area contributed by atoms with Gasteiger partial charge in [-0.05, 0) is 36.2 Å². The first-order valence-corrected chi connectivity index (χ1v) is 10.6. The summed E-state index contributed by atoms with van der Waals surface area (Å²) in [6.07, 6.45) is -4.75. The highest BCUT2D eigenvalue weighted by atomic mass is 35.5. The van der Waals surface area contributed by atoms with Crippen LogP contribution in [-0.4, -0.2) is 25.6 Å². The summed E-state index contributed by atoms with van der Waals surface area (Å²) in [7, 11) is -4.82. The lowest BCUT2D eigenvalue weighted by Crippen LogP contribution is -2.46. The van der Waals surface area contributed by atoms with Crippen molar-refractivity contribution in [1.82, 2.24) is 9.71 Å². The van der Waals surface area contributed by atoms with E-state index in [1.807, 2.05) is 0 Å². The lowest BCUT2D eigenvalue weighted by atomic mass is 10.0. The van der Waals surface area contributed by atoms with Crippen LogP contribution in [0.1, 0.15) is 11.1 Å². The molecule has 0 saturated heterocycles. The molecular formula is C18H12Cl2F4N4O2S. The first-order valence-electron chi connectivity index (χ1n) is 8.36. The number of hydrogen-bond acceptors (Lipinski definition) is 4. The third-order valence-electron chi connectivity index (χ3n) is 4.38. The van der Waals surface area contributed by atoms with Crippen LogP contribution in [0.2, 0.25) is 10.0 Å². The number of nitrogen functional groups attached to an aromatic ring is 1. The number of benzene rings is 2. The van der Waals surface area contributed by atoms with E-state index in [-0.39, 0.29) is 27.1 Å². The highest BCUT2D eigenvalue weighted by Gasteiger charge is 2.43. The van der Waals surface area contributed by atoms with Gasteiger partial charge in [-0.15, -0.1) is 0 Å². The number of nitrogens with one attached hydrogen (secondary N) is 2. The molecule has 0 aliphatic rings. The second-order valence-corrected chi connectivity index (χ2v) is 9.02. The summed E-state index contributed by atoms with van der Waals surface area (Å²) < 4.78 is 81.8. The van der Waals surface area contributed by atoms with Gasteiger partial charge in [0, 0.05) is 16.6 Å². The van der Waals surface area contributed by atoms with Crippen LogP contribution < -0.4 is 10.5 Å². The van der Waals surface area contributed by atoms with Crippen LogP contribution in [0.4, 0.5) is 23.2 Å². The molecule has 3 aromatic rings. The second kappa shape index (κ2) is 8.20. The third-order valence-corrected chi connectivity index (χ3v) is 6.60. The van der Waals surface area contributed by atoms with Gasteiger partial charge in [0.25, 0.3) is 0 Å². The summed E-state index contributed by atoms with van der Waals surface area (Å²) >= 11 is 11.6. The van der Waals surface area contributed by atoms with E-state index >= 15 is 0 Å². The van der Waals surface area contributed by atoms with Crippen LogP contribution >= 0.6 is 23.2 Å². The van der Waals surface area contributed by atoms with Crippen LogP contribution in [0.15, 0.2) is 35.4 Å². The maximum absolute atomic E-state index is 13.8. The topological polar surface area (TPSA) is 112 Å². The monoisotopic (exact) mass is 494 g/mol. The number of anilines is 1. The van der Waals surface area contributed by atoms with Gasteiger partial charge in [0.15, 0.2) is 0 Å². The summed E-state index contributed by atoms with van der Waals surface area (Å²) in [5, 5.41) is 8.66. The summed E-state index contributed by atoms with van der Waals surface area (Å²) in [5.41, 5.74) is 5.15. The number of halogens is 6. The van der Waals surface area contributed by atoms with Crippen molar-refractivity contribution in [3.05, 3.63) is 57.5 Å². The zero-order valence-corrected chi connectivity index (χ0v) is 17.5. The molecule has 31 heavy (non-hydrogen) atoms. The molecule has 0 aliphatic carbocycles. The highest BCUT2D eigenvalue weighted by Crippen LogP contribution is 2.34. The predicted octanol–water partition coefficient (Wildman–Crippen LogP) is 4.52. The lowest BCUT2D eigenvalue weighted by Gasteiger charge is -2.22. The van der Waals surface area contributed by atoms with Gasteiger partial charge >= 0.3 is 6.18 Å². The lowest BCUT2D eigenvalue weighted by molar-refractivity contribution is -0.150. The van der Waals surface area contributed by atoms with Gasteiger partial charge in [0.1, 0.15) is 22.8 Å². The smallest absolute Gasteiger partial charge is 0.398 e. The van der Waals surface area contributed by atoms with E-state index in [2.05, 4.69) is 4.98 Å². The molecule has 0 radical (unpaired) electrons. The Labute approximate surface area is 183 Å². The molecular weight excluding hydrogens is 483 g/mol. The first kappa shape index (κ1) is 23.1. The van der Waals surface area contributed by atoms with Gasteiger partial charge < -0.3 is 10.7 Å². The first-order chi connectivity index (χ1) is 14.3. The number of hydrogen-bond donors (Lipinski definition) is 3. The Balaban J connectivity index is 2.03. The fourth-order valence-electron chi connectivity index (χ4n) is 3.06. The van der Waals surface area contributed by atoms with Crippen molar-refractivity contribution in [2.75, 3.05) is 5.73 Å². The molecule has 1 unspecified atom stereocenters. The maximum Gasteiger partial charge on any atom is 0.405 e. The van der Waals surface area contributed by atoms with Crippen LogP contribution in [0.3, 0.4) is 0 Å². The summed E-state index contributed by atoms with van der Waals surface area (Å²) in [6, 6.07) is 3.09. The van der Waals surface area contributed by atoms with Crippen LogP contribution in [-0.2, 0) is 16.4 Å². The van der Waals surface area contributed by atoms with E-state index in [9.17, 15) is 26.0 Å². The molecule has 0 amide bonds. The number of fused-ring (bicyclic) bond motifs is 1. The van der Waals surface area contributed by atoms with Crippen molar-refractivity contribution in [3.8, 4) is 6.07 Å². The Hall–Kier alpha value is -2.52. The minimum atomic E-state index is -5.02. The number of sulfonamides is 1. The number of aromatic nitrogens is 1. The van der Waals surface area contributed by atoms with Crippen LogP contribution in [0.5, 0.6) is 0 Å². The maximum atomic E-state index is 13.8. The fraction of sp³-hybridized carbons (Fsp3) is 0.167. The van der Waals surface area contributed by atoms with Crippen molar-refractivity contribution in [2.45, 2.75) is 23.5 Å². The van der Waals surface area contributed by atoms with Crippen molar-refractivity contribution >= 4 is 49.8 Å². The molecule has 13 heteroatoms. The molecule has 0 bridgehead atoms. The molecule has 4 N–H and O–H groups in total. The summed E-state index contributed by atoms with van der Waals surface area (Å²) in [5.74, 6) is -0.824. The highest BCUT2D eigenvalue weighted by molar-refractivity contribution is 7.89. The SMILES string of the molecule is N#Cc1cc(F)cc2c(CC(NS(=O)(=O)c3c(N)cc(Cl)cc3Cl)C(F)(F)F)c[nH]c12. The van der Waals surface area contributed by atoms with Crippen LogP contribution in [0.25, 0.3) is 10.9 Å². The molecule has 164 valence electrons. The number of aromatic amines is 1. The van der Waals surface area contributed by atoms with Crippen molar-refractivity contribution in [1.29, 1.82) is 5.26 Å². The number of alkyl halides is 3. The van der Waals surface area contributed by atoms with E-state index in [0.29, 0.717) is 0 Å². The van der Waals surface area contributed by atoms with E-state index in [1.54, 1.807) is 10.8 Å². The number of nitriles is 1. The van der Waals surface area contributed by atoms with Gasteiger partial charge in [0.2, 0.25) is 10.0 Å². The van der Waals surface area contributed by atoms with E-state index < -0.39 is 50.1 Å². The molecule has 6 nitrogen and oxygen atoms in total. The van der Waals surface area contributed by atoms with Gasteiger partial charge in [0.05, 0.1) is 21.8 Å². The van der Waals surface area contributed by atoms with E-state index in [0.717, 1.165) is 30.5 Å². The number of nitrogens with two attached hydrogens (primary N) is 1. The Morgan fingerprint density at radius 2 is 1.90 bits per heavy atom. The van der Waals surface area contributed by atoms with Gasteiger partial charge in [-0.25, -0.2) is 12.8 Å². The van der Waals surface area contributed by atoms with Crippen molar-refractivity contribution in [2.24, 2.45) is 0 Å². The standard InChI is InChI=1S/C18H12Cl2F4N4O2S/c19-10-3-13(20)17(14(26)4-10)31(29,30)28-15(18(22,23)24)2-9-7-27-16-8(6-25)1-11(21)5-12(9)16/h1,3-5,7,15,27-28H,2,26H2. The van der Waals surface area contributed by atoms with Gasteiger partial charge in [-0.3, -0.25) is 0 Å². The predicted molar refractivity (Wildman–Crippen MR) is 108 cm³/mol. The Bertz CT molecular complexity index is 1290. The number of rotatable bonds is 5. The molecule has 0 saturated carbocycles. The molecule has 0 aliphatic heterocycles. The zero-order valence-electron chi connectivity index (χ0n) is 15.2. The largest absolute Gasteiger partial charge is 0.405 e. The molecule has 1 atom stereocenters. The number of H-pyrrole nitrogens is 1. The average Bonchev–Trinajstić information content (AvgIpc) is 3.01. The Morgan fingerprint density at radius 3 is 2.48 bits per heavy atom. The summed E-state index contributed by atoms with van der Waals surface area (Å²) in [6.45, 7) is 0. The molecule has 0 fully saturated rings. The van der Waals surface area contributed by atoms with Gasteiger partial charge in [-0.2, -0.15) is 23.2 Å². The molecule has 1 heterocycles. The molecule has 3 rings (SSSR count). The summed E-state index contributed by atoms with van der Waals surface area (Å²) in [4.78, 5) is 1.88. The zero-order chi connectivity index (χ0) is 23.1. The number of nitrogens with zero attached hydrogens (tertiary/aromatic N) is 1. The van der Waals surface area contributed by atoms with E-state index in [4.69, 9.17) is 34.2 Å². The molecule has 0 spiro atoms. The van der Waals surface area contributed by atoms with Gasteiger partial charge in [-0.1, -0.05) is 23.2 Å². The molecule has 1 aromatic heterocycles. The Kier molecular flexibility index (Phi) is 6.12. The fourth-order valence-corrected chi connectivity index (χ4v) is 5.27. The third kappa shape index (κ3) is 4.72. The Morgan fingerprint density at radius 1 is 1.23 bits per heavy atom. The quantitative estimate of drug-likeness (QED) is 0.357. The van der Waals surface area contributed by atoms with Crippen molar-refractivity contribution in [3.63, 3.8) is 0 Å². The van der Waals surface area contributed by atoms with Crippen molar-refractivity contribution < 1.29 is 26.0 Å². The second-order valence-electron chi connectivity index (χ2n) is 6.53. The minimum Gasteiger partial charge on any atom is -0.398 e. The van der Waals surface area contributed by atoms with Crippen LogP contribution in [0, 0.1) is 17.1 Å². The average molecular weight is 495 g/mol. The minimum absolute atomic E-state index is 0.00272. The molecule has 2 aromatic carbocycles. The normalized spacial score (nSPS) is 13.3. The van der Waals surface area contributed by atoms with E-state index in [1.165, 1.54) is 0 Å².